The van der Waals surface area contributed by atoms with E-state index in [2.05, 4.69) is 24.3 Å². The van der Waals surface area contributed by atoms with E-state index in [-0.39, 0.29) is 64.8 Å². The van der Waals surface area contributed by atoms with Gasteiger partial charge < -0.3 is 24.8 Å². The van der Waals surface area contributed by atoms with Gasteiger partial charge in [-0.15, -0.1) is 12.8 Å². The molecule has 0 fully saturated rings. The van der Waals surface area contributed by atoms with Crippen LogP contribution in [-0.2, 0) is 0 Å². The number of rotatable bonds is 0. The number of halogens is 2. The van der Waals surface area contributed by atoms with E-state index >= 15 is 0 Å². The van der Waals surface area contributed by atoms with Gasteiger partial charge >= 0.3 is 39.9 Å². The molecule has 0 atom stereocenters. The third-order valence-electron chi connectivity index (χ3n) is 1.17. The van der Waals surface area contributed by atoms with Crippen molar-refractivity contribution in [3.05, 3.63) is 48.6 Å². The van der Waals surface area contributed by atoms with Crippen molar-refractivity contribution in [3.63, 3.8) is 0 Å². The minimum Gasteiger partial charge on any atom is -1.00 e. The summed E-state index contributed by atoms with van der Waals surface area (Å²) in [4.78, 5) is 0. The van der Waals surface area contributed by atoms with Crippen LogP contribution in [0.25, 0.3) is 0 Å². The van der Waals surface area contributed by atoms with Crippen LogP contribution in [0.1, 0.15) is 12.8 Å². The van der Waals surface area contributed by atoms with Crippen LogP contribution in [0.5, 0.6) is 0 Å². The summed E-state index contributed by atoms with van der Waals surface area (Å²) in [6.07, 6.45) is 20.0. The zero-order chi connectivity index (χ0) is 7.07. The van der Waals surface area contributed by atoms with Gasteiger partial charge in [-0.05, 0) is 0 Å². The van der Waals surface area contributed by atoms with Crippen molar-refractivity contribution < 1.29 is 64.8 Å². The van der Waals surface area contributed by atoms with E-state index in [1.54, 1.807) is 0 Å². The van der Waals surface area contributed by atoms with Gasteiger partial charge in [0.2, 0.25) is 0 Å². The molecule has 2 aliphatic rings. The molecule has 0 N–H and O–H groups in total. The summed E-state index contributed by atoms with van der Waals surface area (Å²) in [6, 6.07) is 0. The predicted molar refractivity (Wildman–Crippen MR) is 43.1 cm³/mol. The summed E-state index contributed by atoms with van der Waals surface area (Å²) in [5.74, 6) is 0. The van der Waals surface area contributed by atoms with E-state index in [1.807, 2.05) is 24.3 Å². The molecule has 0 aromatic heterocycles. The maximum Gasteiger partial charge on any atom is 4.00 e. The molecule has 0 saturated heterocycles. The third-order valence-corrected chi connectivity index (χ3v) is 1.17. The molecule has 2 aliphatic carbocycles. The second kappa shape index (κ2) is 15.3. The molecule has 13 heavy (non-hydrogen) atoms. The summed E-state index contributed by atoms with van der Waals surface area (Å²) in [5, 5.41) is 0. The second-order valence-corrected chi connectivity index (χ2v) is 2.01. The molecule has 0 heterocycles. The summed E-state index contributed by atoms with van der Waals surface area (Å²) < 4.78 is 0. The Morgan fingerprint density at radius 3 is 1.23 bits per heavy atom. The fraction of sp³-hybridized carbons (Fsp3) is 0.200. The molecule has 0 spiro atoms. The van der Waals surface area contributed by atoms with Gasteiger partial charge in [0.15, 0.2) is 0 Å². The topological polar surface area (TPSA) is 0 Å². The Morgan fingerprint density at radius 1 is 0.769 bits per heavy atom. The molecule has 0 amide bonds. The summed E-state index contributed by atoms with van der Waals surface area (Å²) in [6.45, 7) is 0. The maximum absolute atomic E-state index is 2.99. The van der Waals surface area contributed by atoms with E-state index in [4.69, 9.17) is 0 Å². The fourth-order valence-corrected chi connectivity index (χ4v) is 0.680. The van der Waals surface area contributed by atoms with Crippen LogP contribution in [0.15, 0.2) is 36.5 Å². The largest absolute Gasteiger partial charge is 4.00 e. The Kier molecular flexibility index (Phi) is 22.9. The quantitative estimate of drug-likeness (QED) is 0.350. The van der Waals surface area contributed by atoms with Gasteiger partial charge in [-0.2, -0.15) is 12.2 Å². The standard InChI is InChI=1S/2C5H5.2ClH.Th/c2*1-2-4-5-3-1;;;/h2*1-3H,4H2;2*1H;/q2*-1;;;+4/p-2. The van der Waals surface area contributed by atoms with E-state index in [9.17, 15) is 0 Å². The van der Waals surface area contributed by atoms with Crippen LogP contribution >= 0.6 is 0 Å². The molecule has 0 saturated carbocycles. The van der Waals surface area contributed by atoms with Crippen molar-refractivity contribution in [2.75, 3.05) is 0 Å². The molecular weight excluding hydrogens is 423 g/mol. The first kappa shape index (κ1) is 19.4. The Hall–Kier alpha value is 0.865. The summed E-state index contributed by atoms with van der Waals surface area (Å²) >= 11 is 0. The van der Waals surface area contributed by atoms with E-state index < -0.39 is 0 Å². The first-order valence-corrected chi connectivity index (χ1v) is 3.43. The maximum atomic E-state index is 2.99. The van der Waals surface area contributed by atoms with Gasteiger partial charge in [-0.25, -0.2) is 24.3 Å². The Labute approximate surface area is 125 Å². The molecule has 3 heteroatoms. The molecular formula is C10H10Cl2Th. The van der Waals surface area contributed by atoms with Crippen molar-refractivity contribution in [2.24, 2.45) is 0 Å². The van der Waals surface area contributed by atoms with Gasteiger partial charge in [0.1, 0.15) is 0 Å². The molecule has 0 radical (unpaired) electrons. The Morgan fingerprint density at radius 2 is 1.15 bits per heavy atom. The Bertz CT molecular complexity index is 151. The minimum atomic E-state index is 0. The van der Waals surface area contributed by atoms with Gasteiger partial charge in [0.05, 0.1) is 0 Å². The smallest absolute Gasteiger partial charge is 1.00 e. The first-order valence-electron chi connectivity index (χ1n) is 3.43. The SMILES string of the molecule is [C-]1=CC=CC1.[C-]1=CC=CC1.[Cl-].[Cl-].[Th+4]. The van der Waals surface area contributed by atoms with Crippen LogP contribution in [0.4, 0.5) is 0 Å². The van der Waals surface area contributed by atoms with Crippen molar-refractivity contribution in [3.8, 4) is 0 Å². The van der Waals surface area contributed by atoms with Gasteiger partial charge in [0.25, 0.3) is 0 Å². The molecule has 2 rings (SSSR count). The van der Waals surface area contributed by atoms with Gasteiger partial charge in [-0.3, -0.25) is 12.2 Å². The third kappa shape index (κ3) is 12.9. The molecule has 0 nitrogen and oxygen atoms in total. The van der Waals surface area contributed by atoms with E-state index in [0.717, 1.165) is 12.8 Å². The monoisotopic (exact) mass is 432 g/mol. The van der Waals surface area contributed by atoms with Crippen molar-refractivity contribution >= 4 is 0 Å². The van der Waals surface area contributed by atoms with Crippen LogP contribution < -0.4 is 24.8 Å². The van der Waals surface area contributed by atoms with Crippen LogP contribution in [0.2, 0.25) is 0 Å². The summed E-state index contributed by atoms with van der Waals surface area (Å²) in [5.41, 5.74) is 0. The Balaban J connectivity index is -0.000000125. The molecule has 0 unspecified atom stereocenters. The average Bonchev–Trinajstić information content (AvgIpc) is 2.67. The van der Waals surface area contributed by atoms with Crippen LogP contribution in [0, 0.1) is 52.1 Å². The number of allylic oxidation sites excluding steroid dienone is 8. The van der Waals surface area contributed by atoms with Crippen molar-refractivity contribution in [1.82, 2.24) is 0 Å². The van der Waals surface area contributed by atoms with Crippen LogP contribution in [-0.4, -0.2) is 0 Å². The molecule has 0 aromatic carbocycles. The van der Waals surface area contributed by atoms with Gasteiger partial charge in [-0.1, -0.05) is 0 Å². The first-order chi connectivity index (χ1) is 5.00. The fourth-order valence-electron chi connectivity index (χ4n) is 0.680. The average molecular weight is 433 g/mol. The molecule has 0 aliphatic heterocycles. The number of hydrogen-bond acceptors (Lipinski definition) is 0. The number of hydrogen-bond donors (Lipinski definition) is 0. The normalized spacial score (nSPS) is 13.5. The van der Waals surface area contributed by atoms with Gasteiger partial charge in [0, 0.05) is 0 Å². The van der Waals surface area contributed by atoms with Crippen LogP contribution in [0.3, 0.4) is 0 Å². The zero-order valence-electron chi connectivity index (χ0n) is 7.13. The van der Waals surface area contributed by atoms with Crippen molar-refractivity contribution in [2.45, 2.75) is 12.8 Å². The molecule has 0 aromatic rings. The van der Waals surface area contributed by atoms with E-state index in [0.29, 0.717) is 0 Å². The van der Waals surface area contributed by atoms with E-state index in [1.165, 1.54) is 0 Å². The van der Waals surface area contributed by atoms with Crippen molar-refractivity contribution in [1.29, 1.82) is 0 Å². The zero-order valence-corrected chi connectivity index (χ0v) is 12.8. The predicted octanol–water partition coefficient (Wildman–Crippen LogP) is -3.38. The molecule has 68 valence electrons. The molecule has 0 bridgehead atoms. The minimum absolute atomic E-state index is 0. The summed E-state index contributed by atoms with van der Waals surface area (Å²) in [7, 11) is 0. The second-order valence-electron chi connectivity index (χ2n) is 2.01.